The first-order valence-electron chi connectivity index (χ1n) is 8.17. The van der Waals surface area contributed by atoms with Gasteiger partial charge in [-0.15, -0.1) is 0 Å². The van der Waals surface area contributed by atoms with Crippen molar-refractivity contribution in [3.8, 4) is 5.75 Å². The summed E-state index contributed by atoms with van der Waals surface area (Å²) in [7, 11) is 0. The molecule has 1 aliphatic rings. The van der Waals surface area contributed by atoms with E-state index in [1.54, 1.807) is 38.4 Å². The summed E-state index contributed by atoms with van der Waals surface area (Å²) in [5.41, 5.74) is 1.37. The van der Waals surface area contributed by atoms with E-state index in [2.05, 4.69) is 15.3 Å². The van der Waals surface area contributed by atoms with Crippen molar-refractivity contribution in [3.05, 3.63) is 35.2 Å². The van der Waals surface area contributed by atoms with Gasteiger partial charge in [-0.05, 0) is 32.1 Å². The van der Waals surface area contributed by atoms with Crippen molar-refractivity contribution in [2.75, 3.05) is 18.5 Å². The zero-order valence-corrected chi connectivity index (χ0v) is 14.4. The highest BCUT2D eigenvalue weighted by Crippen LogP contribution is 2.38. The zero-order valence-electron chi connectivity index (χ0n) is 14.4. The van der Waals surface area contributed by atoms with E-state index in [1.165, 1.54) is 0 Å². The molecule has 0 aromatic carbocycles. The molecule has 1 atom stereocenters. The van der Waals surface area contributed by atoms with Crippen LogP contribution in [0.3, 0.4) is 0 Å². The Balaban J connectivity index is 2.00. The Labute approximate surface area is 149 Å². The average Bonchev–Trinajstić information content (AvgIpc) is 3.15. The summed E-state index contributed by atoms with van der Waals surface area (Å²) >= 11 is 0. The van der Waals surface area contributed by atoms with Crippen LogP contribution in [0.1, 0.15) is 35.5 Å². The highest BCUT2D eigenvalue weighted by atomic mass is 16.5. The highest BCUT2D eigenvalue weighted by molar-refractivity contribution is 6.21. The number of aliphatic imine (C=N–C) groups is 1. The number of aromatic hydroxyl groups is 1. The van der Waals surface area contributed by atoms with E-state index >= 15 is 0 Å². The van der Waals surface area contributed by atoms with E-state index in [-0.39, 0.29) is 36.1 Å². The minimum Gasteiger partial charge on any atom is -0.504 e. The molecular weight excluding hydrogens is 338 g/mol. The molecule has 3 heterocycles. The lowest BCUT2D eigenvalue weighted by molar-refractivity contribution is 0.0524. The van der Waals surface area contributed by atoms with Gasteiger partial charge in [0.2, 0.25) is 5.88 Å². The van der Waals surface area contributed by atoms with Gasteiger partial charge in [0.1, 0.15) is 0 Å². The maximum Gasteiger partial charge on any atom is 0.347 e. The second-order valence-electron chi connectivity index (χ2n) is 5.70. The fourth-order valence-electron chi connectivity index (χ4n) is 2.48. The lowest BCUT2D eigenvalue weighted by Crippen LogP contribution is -2.17. The number of nitrogens with zero attached hydrogens (tertiary/aromatic N) is 2. The van der Waals surface area contributed by atoms with Gasteiger partial charge in [-0.2, -0.15) is 0 Å². The summed E-state index contributed by atoms with van der Waals surface area (Å²) in [4.78, 5) is 20.5. The summed E-state index contributed by atoms with van der Waals surface area (Å²) in [6.07, 6.45) is 4.15. The maximum absolute atomic E-state index is 12.2. The third-order valence-corrected chi connectivity index (χ3v) is 3.66. The molecule has 3 rings (SSSR count). The van der Waals surface area contributed by atoms with Gasteiger partial charge < -0.3 is 24.7 Å². The molecule has 0 radical (unpaired) electrons. The van der Waals surface area contributed by atoms with Gasteiger partial charge in [-0.3, -0.25) is 0 Å². The van der Waals surface area contributed by atoms with Crippen LogP contribution in [0.2, 0.25) is 0 Å². The average molecular weight is 357 g/mol. The van der Waals surface area contributed by atoms with Gasteiger partial charge in [0.25, 0.3) is 0 Å². The Morgan fingerprint density at radius 3 is 3.04 bits per heavy atom. The Hall–Kier alpha value is -3.13. The zero-order chi connectivity index (χ0) is 18.7. The molecule has 136 valence electrons. The second-order valence-corrected chi connectivity index (χ2v) is 5.70. The minimum absolute atomic E-state index is 0.0371. The molecule has 0 saturated heterocycles. The number of aromatic nitrogens is 1. The van der Waals surface area contributed by atoms with Crippen molar-refractivity contribution in [1.29, 1.82) is 0 Å². The summed E-state index contributed by atoms with van der Waals surface area (Å²) in [5.74, 6) is -0.361. The van der Waals surface area contributed by atoms with Crippen LogP contribution in [0, 0.1) is 0 Å². The summed E-state index contributed by atoms with van der Waals surface area (Å²) in [6.45, 7) is 3.55. The first kappa shape index (κ1) is 17.7. The standard InChI is InChI=1S/C18H19N3O5/c1-3-25-18(24)14-15(23)13(26-17(14)21-8-10(2)22)7-11-9-20-16-12(11)5-4-6-19-16/h4-7,9-10,21-23H,3,8H2,1-2H3. The third kappa shape index (κ3) is 3.45. The first-order valence-corrected chi connectivity index (χ1v) is 8.17. The van der Waals surface area contributed by atoms with Crippen molar-refractivity contribution in [2.45, 2.75) is 20.0 Å². The number of aliphatic hydroxyl groups is 1. The van der Waals surface area contributed by atoms with E-state index in [0.29, 0.717) is 11.4 Å². The molecule has 0 amide bonds. The van der Waals surface area contributed by atoms with Crippen LogP contribution in [0.15, 0.2) is 27.7 Å². The largest absolute Gasteiger partial charge is 0.504 e. The normalized spacial score (nSPS) is 15.1. The fourth-order valence-corrected chi connectivity index (χ4v) is 2.48. The molecular formula is C18H19N3O5. The smallest absolute Gasteiger partial charge is 0.347 e. The SMILES string of the molecule is CCOC(=O)c1c(NCC(C)O)oc(C=C2C=Nc3ncccc32)c1O. The number of pyridine rings is 1. The van der Waals surface area contributed by atoms with Crippen molar-refractivity contribution in [3.63, 3.8) is 0 Å². The van der Waals surface area contributed by atoms with Crippen LogP contribution in [-0.2, 0) is 4.74 Å². The van der Waals surface area contributed by atoms with Crippen molar-refractivity contribution >= 4 is 35.5 Å². The number of carbonyl (C=O) groups is 1. The maximum atomic E-state index is 12.2. The number of hydrogen-bond donors (Lipinski definition) is 3. The second kappa shape index (κ2) is 7.40. The first-order chi connectivity index (χ1) is 12.5. The van der Waals surface area contributed by atoms with Gasteiger partial charge in [0, 0.05) is 30.1 Å². The predicted octanol–water partition coefficient (Wildman–Crippen LogP) is 2.61. The van der Waals surface area contributed by atoms with E-state index in [9.17, 15) is 15.0 Å². The van der Waals surface area contributed by atoms with Gasteiger partial charge in [0.15, 0.2) is 22.9 Å². The number of fused-ring (bicyclic) bond motifs is 1. The van der Waals surface area contributed by atoms with Crippen LogP contribution >= 0.6 is 0 Å². The Morgan fingerprint density at radius 1 is 1.50 bits per heavy atom. The van der Waals surface area contributed by atoms with Crippen molar-refractivity contribution in [2.24, 2.45) is 4.99 Å². The molecule has 8 heteroatoms. The Morgan fingerprint density at radius 2 is 2.31 bits per heavy atom. The topological polar surface area (TPSA) is 117 Å². The number of esters is 1. The number of ether oxygens (including phenoxy) is 1. The van der Waals surface area contributed by atoms with Gasteiger partial charge in [-0.25, -0.2) is 14.8 Å². The monoisotopic (exact) mass is 357 g/mol. The van der Waals surface area contributed by atoms with E-state index in [4.69, 9.17) is 9.15 Å². The van der Waals surface area contributed by atoms with E-state index in [1.807, 2.05) is 6.07 Å². The molecule has 3 N–H and O–H groups in total. The molecule has 0 fully saturated rings. The molecule has 0 bridgehead atoms. The van der Waals surface area contributed by atoms with Crippen LogP contribution in [0.4, 0.5) is 11.7 Å². The van der Waals surface area contributed by atoms with Crippen LogP contribution in [-0.4, -0.2) is 46.6 Å². The molecule has 1 unspecified atom stereocenters. The van der Waals surface area contributed by atoms with E-state index in [0.717, 1.165) is 5.56 Å². The molecule has 0 aliphatic carbocycles. The molecule has 0 spiro atoms. The van der Waals surface area contributed by atoms with Gasteiger partial charge >= 0.3 is 5.97 Å². The Bertz CT molecular complexity index is 883. The Kier molecular flexibility index (Phi) is 5.04. The van der Waals surface area contributed by atoms with Gasteiger partial charge in [-0.1, -0.05) is 0 Å². The summed E-state index contributed by atoms with van der Waals surface area (Å²) in [5, 5.41) is 22.7. The summed E-state index contributed by atoms with van der Waals surface area (Å²) in [6, 6.07) is 3.63. The number of aliphatic hydroxyl groups excluding tert-OH is 1. The van der Waals surface area contributed by atoms with Crippen LogP contribution in [0.5, 0.6) is 5.75 Å². The van der Waals surface area contributed by atoms with Crippen LogP contribution < -0.4 is 5.32 Å². The molecule has 2 aromatic rings. The number of nitrogens with one attached hydrogen (secondary N) is 1. The molecule has 26 heavy (non-hydrogen) atoms. The number of anilines is 1. The molecule has 0 saturated carbocycles. The number of allylic oxidation sites excluding steroid dienone is 1. The quantitative estimate of drug-likeness (QED) is 0.680. The van der Waals surface area contributed by atoms with Crippen molar-refractivity contribution in [1.82, 2.24) is 4.98 Å². The van der Waals surface area contributed by atoms with Gasteiger partial charge in [0.05, 0.1) is 12.7 Å². The number of furan rings is 1. The van der Waals surface area contributed by atoms with Crippen molar-refractivity contribution < 1.29 is 24.2 Å². The minimum atomic E-state index is -0.714. The number of hydrogen-bond acceptors (Lipinski definition) is 8. The molecule has 1 aliphatic heterocycles. The molecule has 8 nitrogen and oxygen atoms in total. The molecule has 2 aromatic heterocycles. The van der Waals surface area contributed by atoms with E-state index < -0.39 is 12.1 Å². The lowest BCUT2D eigenvalue weighted by Gasteiger charge is -2.07. The predicted molar refractivity (Wildman–Crippen MR) is 96.8 cm³/mol. The number of carbonyl (C=O) groups excluding carboxylic acids is 1. The number of rotatable bonds is 6. The fraction of sp³-hybridized carbons (Fsp3) is 0.278. The third-order valence-electron chi connectivity index (χ3n) is 3.66. The summed E-state index contributed by atoms with van der Waals surface area (Å²) < 4.78 is 10.6. The lowest BCUT2D eigenvalue weighted by atomic mass is 10.1. The van der Waals surface area contributed by atoms with Crippen LogP contribution in [0.25, 0.3) is 11.6 Å². The highest BCUT2D eigenvalue weighted by Gasteiger charge is 2.27.